The molecule has 13 heteroatoms. The maximum Gasteiger partial charge on any atom is 0.586 e. The van der Waals surface area contributed by atoms with E-state index in [2.05, 4.69) is 18.9 Å². The Kier molecular flexibility index (Phi) is 4.66. The molecule has 4 heterocycles. The van der Waals surface area contributed by atoms with Gasteiger partial charge in [-0.1, -0.05) is 0 Å². The third kappa shape index (κ3) is 3.74. The maximum atomic E-state index is 13.3. The highest BCUT2D eigenvalue weighted by Crippen LogP contribution is 2.43. The number of alkyl halides is 4. The van der Waals surface area contributed by atoms with Gasteiger partial charge in [0.2, 0.25) is 0 Å². The van der Waals surface area contributed by atoms with Gasteiger partial charge < -0.3 is 28.7 Å². The number of ether oxygens (including phenoxy) is 4. The van der Waals surface area contributed by atoms with E-state index < -0.39 is 36.2 Å². The summed E-state index contributed by atoms with van der Waals surface area (Å²) in [6, 6.07) is 7.39. The van der Waals surface area contributed by atoms with Crippen molar-refractivity contribution in [2.75, 3.05) is 26.2 Å². The van der Waals surface area contributed by atoms with Crippen LogP contribution in [0.15, 0.2) is 36.4 Å². The van der Waals surface area contributed by atoms with E-state index in [1.807, 2.05) is 0 Å². The molecule has 2 bridgehead atoms. The summed E-state index contributed by atoms with van der Waals surface area (Å²) < 4.78 is 70.7. The van der Waals surface area contributed by atoms with Crippen LogP contribution in [-0.2, 0) is 4.79 Å². The molecule has 36 heavy (non-hydrogen) atoms. The van der Waals surface area contributed by atoms with E-state index >= 15 is 0 Å². The van der Waals surface area contributed by atoms with Gasteiger partial charge in [0, 0.05) is 37.3 Å². The van der Waals surface area contributed by atoms with E-state index in [0.717, 1.165) is 12.1 Å². The molecule has 2 saturated heterocycles. The number of fused-ring (bicyclic) bond motifs is 4. The van der Waals surface area contributed by atoms with Crippen molar-refractivity contribution in [2.45, 2.75) is 12.6 Å². The third-order valence-electron chi connectivity index (χ3n) is 6.44. The lowest BCUT2D eigenvalue weighted by Crippen LogP contribution is -2.60. The number of nitrogens with zero attached hydrogens (tertiary/aromatic N) is 2. The highest BCUT2D eigenvalue weighted by Gasteiger charge is 2.47. The van der Waals surface area contributed by atoms with Crippen molar-refractivity contribution in [1.82, 2.24) is 9.80 Å². The first-order valence-electron chi connectivity index (χ1n) is 10.9. The fraction of sp³-hybridized carbons (Fsp3) is 0.348. The predicted molar refractivity (Wildman–Crippen MR) is 109 cm³/mol. The number of rotatable bonds is 2. The van der Waals surface area contributed by atoms with Crippen molar-refractivity contribution in [1.29, 1.82) is 0 Å². The molecule has 0 N–H and O–H groups in total. The third-order valence-corrected chi connectivity index (χ3v) is 6.44. The SMILES string of the molecule is O=C1C2CN(C(=O)c3ccc4c(c3)OC(F)(F)O4)CC1CN(C(=O)c1ccc3c(c1)OC(F)(F)O3)C2. The maximum absolute atomic E-state index is 13.3. The van der Waals surface area contributed by atoms with Crippen molar-refractivity contribution in [3.63, 3.8) is 0 Å². The molecule has 0 radical (unpaired) electrons. The van der Waals surface area contributed by atoms with Gasteiger partial charge in [-0.15, -0.1) is 17.6 Å². The molecule has 0 saturated carbocycles. The molecule has 9 nitrogen and oxygen atoms in total. The number of Topliss-reactive ketones (excluding diaryl/α,β-unsaturated/α-hetero) is 1. The summed E-state index contributed by atoms with van der Waals surface area (Å²) in [5.41, 5.74) is 0.181. The van der Waals surface area contributed by atoms with Crippen LogP contribution in [0.2, 0.25) is 0 Å². The Labute approximate surface area is 200 Å². The molecule has 0 atom stereocenters. The topological polar surface area (TPSA) is 94.6 Å². The lowest BCUT2D eigenvalue weighted by atomic mass is 9.82. The van der Waals surface area contributed by atoms with Crippen molar-refractivity contribution in [3.05, 3.63) is 47.5 Å². The van der Waals surface area contributed by atoms with Crippen LogP contribution in [0.1, 0.15) is 20.7 Å². The highest BCUT2D eigenvalue weighted by molar-refractivity contribution is 5.99. The van der Waals surface area contributed by atoms with Crippen LogP contribution in [0.3, 0.4) is 0 Å². The number of halogens is 4. The Morgan fingerprint density at radius 3 is 1.42 bits per heavy atom. The number of hydrogen-bond donors (Lipinski definition) is 0. The second-order valence-corrected chi connectivity index (χ2v) is 8.87. The molecule has 0 unspecified atom stereocenters. The number of amides is 2. The van der Waals surface area contributed by atoms with E-state index in [4.69, 9.17) is 0 Å². The molecule has 0 aromatic heterocycles. The van der Waals surface area contributed by atoms with Crippen LogP contribution in [0.4, 0.5) is 17.6 Å². The van der Waals surface area contributed by atoms with Crippen molar-refractivity contribution < 1.29 is 50.9 Å². The monoisotopic (exact) mass is 508 g/mol. The molecular formula is C23H16F4N2O7. The number of hydrogen-bond acceptors (Lipinski definition) is 7. The van der Waals surface area contributed by atoms with Crippen molar-refractivity contribution >= 4 is 17.6 Å². The summed E-state index contributed by atoms with van der Waals surface area (Å²) in [4.78, 5) is 41.8. The van der Waals surface area contributed by atoms with Crippen molar-refractivity contribution in [2.24, 2.45) is 11.8 Å². The molecule has 2 amide bonds. The van der Waals surface area contributed by atoms with Crippen molar-refractivity contribution in [3.8, 4) is 23.0 Å². The van der Waals surface area contributed by atoms with E-state index in [-0.39, 0.29) is 66.1 Å². The van der Waals surface area contributed by atoms with Gasteiger partial charge in [0.05, 0.1) is 11.8 Å². The normalized spacial score (nSPS) is 24.6. The average molecular weight is 508 g/mol. The van der Waals surface area contributed by atoms with Crippen LogP contribution in [-0.4, -0.2) is 66.2 Å². The zero-order valence-electron chi connectivity index (χ0n) is 18.2. The summed E-state index contributed by atoms with van der Waals surface area (Å²) in [6.07, 6.45) is -7.62. The number of benzene rings is 2. The smallest absolute Gasteiger partial charge is 0.395 e. The molecule has 2 aromatic rings. The van der Waals surface area contributed by atoms with Gasteiger partial charge in [0.1, 0.15) is 5.78 Å². The molecule has 2 aromatic carbocycles. The fourth-order valence-electron chi connectivity index (χ4n) is 4.88. The molecule has 4 aliphatic heterocycles. The Balaban J connectivity index is 1.16. The molecule has 188 valence electrons. The van der Waals surface area contributed by atoms with E-state index in [1.54, 1.807) is 0 Å². The molecule has 2 fully saturated rings. The first kappa shape index (κ1) is 22.4. The zero-order chi connectivity index (χ0) is 25.4. The Hall–Kier alpha value is -4.03. The fourth-order valence-corrected chi connectivity index (χ4v) is 4.88. The van der Waals surface area contributed by atoms with Crippen LogP contribution >= 0.6 is 0 Å². The van der Waals surface area contributed by atoms with Gasteiger partial charge >= 0.3 is 12.6 Å². The first-order valence-corrected chi connectivity index (χ1v) is 10.9. The number of carbonyl (C=O) groups excluding carboxylic acids is 3. The summed E-state index contributed by atoms with van der Waals surface area (Å²) in [5.74, 6) is -3.28. The standard InChI is InChI=1S/C23H16F4N2O7/c24-22(25)33-15-3-1-11(5-17(15)35-22)20(31)28-7-13-9-29(10-14(8-28)19(13)30)21(32)12-2-4-16-18(6-12)36-23(26,27)34-16/h1-6,13-14H,7-10H2. The van der Waals surface area contributed by atoms with E-state index in [9.17, 15) is 31.9 Å². The number of ketones is 1. The molecular weight excluding hydrogens is 492 g/mol. The Morgan fingerprint density at radius 2 is 1.03 bits per heavy atom. The van der Waals surface area contributed by atoms with E-state index in [0.29, 0.717) is 0 Å². The molecule has 0 spiro atoms. The molecule has 0 aliphatic carbocycles. The highest BCUT2D eigenvalue weighted by atomic mass is 19.3. The Bertz CT molecular complexity index is 1210. The van der Waals surface area contributed by atoms with Crippen LogP contribution in [0.25, 0.3) is 0 Å². The van der Waals surface area contributed by atoms with Gasteiger partial charge in [-0.05, 0) is 36.4 Å². The second-order valence-electron chi connectivity index (χ2n) is 8.87. The zero-order valence-corrected chi connectivity index (χ0v) is 18.2. The van der Waals surface area contributed by atoms with Gasteiger partial charge in [0.25, 0.3) is 11.8 Å². The number of likely N-dealkylation sites (tertiary alicyclic amines) is 2. The average Bonchev–Trinajstić information content (AvgIpc) is 3.28. The second kappa shape index (κ2) is 7.48. The summed E-state index contributed by atoms with van der Waals surface area (Å²) >= 11 is 0. The minimum atomic E-state index is -3.81. The Morgan fingerprint density at radius 1 is 0.667 bits per heavy atom. The van der Waals surface area contributed by atoms with E-state index in [1.165, 1.54) is 34.1 Å². The van der Waals surface area contributed by atoms with Gasteiger partial charge in [-0.2, -0.15) is 0 Å². The lowest BCUT2D eigenvalue weighted by Gasteiger charge is -2.44. The van der Waals surface area contributed by atoms with Gasteiger partial charge in [-0.25, -0.2) is 0 Å². The molecule has 6 rings (SSSR count). The largest absolute Gasteiger partial charge is 0.586 e. The predicted octanol–water partition coefficient (Wildman–Crippen LogP) is 2.74. The first-order chi connectivity index (χ1) is 17.0. The van der Waals surface area contributed by atoms with Crippen LogP contribution < -0.4 is 18.9 Å². The minimum absolute atomic E-state index is 0.0237. The van der Waals surface area contributed by atoms with Gasteiger partial charge in [-0.3, -0.25) is 14.4 Å². The van der Waals surface area contributed by atoms with Gasteiger partial charge in [0.15, 0.2) is 23.0 Å². The lowest BCUT2D eigenvalue weighted by molar-refractivity contribution is -0.287. The number of piperidine rings is 2. The summed E-state index contributed by atoms with van der Waals surface area (Å²) in [5, 5.41) is 0. The summed E-state index contributed by atoms with van der Waals surface area (Å²) in [7, 11) is 0. The van der Waals surface area contributed by atoms with Crippen LogP contribution in [0, 0.1) is 11.8 Å². The quantitative estimate of drug-likeness (QED) is 0.576. The number of carbonyl (C=O) groups is 3. The summed E-state index contributed by atoms with van der Waals surface area (Å²) in [6.45, 7) is 0.0949. The van der Waals surface area contributed by atoms with Crippen LogP contribution in [0.5, 0.6) is 23.0 Å². The minimum Gasteiger partial charge on any atom is -0.395 e. The molecule has 4 aliphatic rings.